The minimum absolute atomic E-state index is 0.315. The molecule has 0 aromatic heterocycles. The summed E-state index contributed by atoms with van der Waals surface area (Å²) < 4.78 is 10.3. The molecule has 4 heteroatoms. The second-order valence-electron chi connectivity index (χ2n) is 4.25. The van der Waals surface area contributed by atoms with Crippen LogP contribution < -0.4 is 10.1 Å². The molecule has 0 saturated carbocycles. The van der Waals surface area contributed by atoms with Gasteiger partial charge in [0.15, 0.2) is 0 Å². The number of carbonyl (C=O) groups is 1. The number of nitrogens with one attached hydrogen (secondary N) is 1. The minimum atomic E-state index is -0.918. The third-order valence-electron chi connectivity index (χ3n) is 2.93. The maximum absolute atomic E-state index is 12.2. The van der Waals surface area contributed by atoms with Crippen LogP contribution in [0.5, 0.6) is 5.75 Å². The quantitative estimate of drug-likeness (QED) is 0.605. The number of hydrogen-bond acceptors (Lipinski definition) is 4. The van der Waals surface area contributed by atoms with Gasteiger partial charge in [-0.3, -0.25) is 5.32 Å². The predicted octanol–water partition coefficient (Wildman–Crippen LogP) is 2.25. The van der Waals surface area contributed by atoms with Gasteiger partial charge in [0.05, 0.1) is 13.7 Å². The van der Waals surface area contributed by atoms with Crippen LogP contribution in [0, 0.1) is 0 Å². The molecule has 1 aromatic carbocycles. The van der Waals surface area contributed by atoms with Gasteiger partial charge in [-0.05, 0) is 31.5 Å². The van der Waals surface area contributed by atoms with Crippen LogP contribution in [-0.2, 0) is 15.1 Å². The number of rotatable bonds is 7. The highest BCUT2D eigenvalue weighted by molar-refractivity contribution is 5.82. The second-order valence-corrected chi connectivity index (χ2v) is 4.25. The van der Waals surface area contributed by atoms with E-state index in [1.54, 1.807) is 27.0 Å². The first-order chi connectivity index (χ1) is 9.08. The summed E-state index contributed by atoms with van der Waals surface area (Å²) in [6.45, 7) is 8.09. The van der Waals surface area contributed by atoms with Crippen LogP contribution in [0.4, 0.5) is 0 Å². The Balaban J connectivity index is 3.13. The maximum Gasteiger partial charge on any atom is 0.330 e. The fraction of sp³-hybridized carbons (Fsp3) is 0.400. The van der Waals surface area contributed by atoms with E-state index in [9.17, 15) is 4.79 Å². The van der Waals surface area contributed by atoms with Crippen LogP contribution in [0.2, 0.25) is 0 Å². The molecular weight excluding hydrogens is 242 g/mol. The molecule has 1 rings (SSSR count). The number of carbonyl (C=O) groups excluding carboxylic acids is 1. The molecule has 0 amide bonds. The van der Waals surface area contributed by atoms with Gasteiger partial charge in [0.25, 0.3) is 0 Å². The standard InChI is InChI=1S/C15H21NO3/c1-5-10-16-15(3,14(17)19-6-2)12-8-7-9-13(11-12)18-4/h5,7-9,11,16H,1,6,10H2,2-4H3. The van der Waals surface area contributed by atoms with E-state index in [4.69, 9.17) is 9.47 Å². The maximum atomic E-state index is 12.2. The molecule has 0 radical (unpaired) electrons. The van der Waals surface area contributed by atoms with Crippen LogP contribution in [0.25, 0.3) is 0 Å². The zero-order valence-corrected chi connectivity index (χ0v) is 11.7. The van der Waals surface area contributed by atoms with Crippen LogP contribution >= 0.6 is 0 Å². The molecule has 0 spiro atoms. The smallest absolute Gasteiger partial charge is 0.330 e. The lowest BCUT2D eigenvalue weighted by Crippen LogP contribution is -2.47. The van der Waals surface area contributed by atoms with Crippen molar-refractivity contribution in [3.8, 4) is 5.75 Å². The highest BCUT2D eigenvalue weighted by Crippen LogP contribution is 2.26. The van der Waals surface area contributed by atoms with Crippen molar-refractivity contribution in [2.24, 2.45) is 0 Å². The Labute approximate surface area is 114 Å². The number of ether oxygens (including phenoxy) is 2. The number of esters is 1. The third kappa shape index (κ3) is 3.58. The average molecular weight is 263 g/mol. The number of methoxy groups -OCH3 is 1. The number of benzene rings is 1. The molecule has 0 bridgehead atoms. The lowest BCUT2D eigenvalue weighted by atomic mass is 9.91. The summed E-state index contributed by atoms with van der Waals surface area (Å²) in [4.78, 5) is 12.2. The SMILES string of the molecule is C=CCNC(C)(C(=O)OCC)c1cccc(OC)c1. The molecule has 1 unspecified atom stereocenters. The first-order valence-electron chi connectivity index (χ1n) is 6.26. The van der Waals surface area contributed by atoms with E-state index >= 15 is 0 Å². The fourth-order valence-corrected chi connectivity index (χ4v) is 1.78. The second kappa shape index (κ2) is 6.95. The summed E-state index contributed by atoms with van der Waals surface area (Å²) in [5, 5.41) is 3.15. The van der Waals surface area contributed by atoms with Crippen molar-refractivity contribution in [2.45, 2.75) is 19.4 Å². The lowest BCUT2D eigenvalue weighted by molar-refractivity contribution is -0.150. The first kappa shape index (κ1) is 15.2. The van der Waals surface area contributed by atoms with Crippen LogP contribution in [-0.4, -0.2) is 26.2 Å². The van der Waals surface area contributed by atoms with Crippen molar-refractivity contribution in [3.05, 3.63) is 42.5 Å². The summed E-state index contributed by atoms with van der Waals surface area (Å²) >= 11 is 0. The van der Waals surface area contributed by atoms with Crippen molar-refractivity contribution in [3.63, 3.8) is 0 Å². The predicted molar refractivity (Wildman–Crippen MR) is 75.2 cm³/mol. The molecule has 1 atom stereocenters. The van der Waals surface area contributed by atoms with Crippen LogP contribution in [0.15, 0.2) is 36.9 Å². The van der Waals surface area contributed by atoms with Crippen molar-refractivity contribution in [2.75, 3.05) is 20.3 Å². The Morgan fingerprint density at radius 3 is 2.84 bits per heavy atom. The Bertz CT molecular complexity index is 445. The zero-order valence-electron chi connectivity index (χ0n) is 11.7. The third-order valence-corrected chi connectivity index (χ3v) is 2.93. The fourth-order valence-electron chi connectivity index (χ4n) is 1.78. The Morgan fingerprint density at radius 2 is 2.26 bits per heavy atom. The Hall–Kier alpha value is -1.81. The topological polar surface area (TPSA) is 47.6 Å². The Morgan fingerprint density at radius 1 is 1.53 bits per heavy atom. The normalized spacial score (nSPS) is 13.4. The molecular formula is C15H21NO3. The van der Waals surface area contributed by atoms with E-state index in [1.165, 1.54) is 0 Å². The largest absolute Gasteiger partial charge is 0.497 e. The van der Waals surface area contributed by atoms with E-state index in [0.29, 0.717) is 18.9 Å². The zero-order chi connectivity index (χ0) is 14.3. The Kier molecular flexibility index (Phi) is 5.57. The number of hydrogen-bond donors (Lipinski definition) is 1. The molecule has 19 heavy (non-hydrogen) atoms. The lowest BCUT2D eigenvalue weighted by Gasteiger charge is -2.29. The average Bonchev–Trinajstić information content (AvgIpc) is 2.45. The molecule has 1 aromatic rings. The van der Waals surface area contributed by atoms with Crippen molar-refractivity contribution < 1.29 is 14.3 Å². The highest BCUT2D eigenvalue weighted by Gasteiger charge is 2.36. The van der Waals surface area contributed by atoms with Crippen molar-refractivity contribution >= 4 is 5.97 Å². The molecule has 0 aliphatic heterocycles. The summed E-state index contributed by atoms with van der Waals surface area (Å²) in [5.74, 6) is 0.388. The monoisotopic (exact) mass is 263 g/mol. The van der Waals surface area contributed by atoms with E-state index in [0.717, 1.165) is 5.56 Å². The van der Waals surface area contributed by atoms with Gasteiger partial charge in [0, 0.05) is 6.54 Å². The molecule has 1 N–H and O–H groups in total. The van der Waals surface area contributed by atoms with E-state index in [-0.39, 0.29) is 5.97 Å². The van der Waals surface area contributed by atoms with E-state index in [2.05, 4.69) is 11.9 Å². The molecule has 0 aliphatic carbocycles. The summed E-state index contributed by atoms with van der Waals surface area (Å²) in [5.41, 5.74) is -0.120. The summed E-state index contributed by atoms with van der Waals surface area (Å²) in [6, 6.07) is 7.38. The minimum Gasteiger partial charge on any atom is -0.497 e. The van der Waals surface area contributed by atoms with E-state index < -0.39 is 5.54 Å². The van der Waals surface area contributed by atoms with Gasteiger partial charge in [-0.15, -0.1) is 6.58 Å². The molecule has 0 saturated heterocycles. The molecule has 0 heterocycles. The van der Waals surface area contributed by atoms with Gasteiger partial charge >= 0.3 is 5.97 Å². The van der Waals surface area contributed by atoms with Crippen LogP contribution in [0.3, 0.4) is 0 Å². The molecule has 4 nitrogen and oxygen atoms in total. The van der Waals surface area contributed by atoms with Gasteiger partial charge in [0.1, 0.15) is 11.3 Å². The summed E-state index contributed by atoms with van der Waals surface area (Å²) in [6.07, 6.45) is 1.71. The van der Waals surface area contributed by atoms with Gasteiger partial charge in [0.2, 0.25) is 0 Å². The van der Waals surface area contributed by atoms with E-state index in [1.807, 2.05) is 24.3 Å². The molecule has 104 valence electrons. The first-order valence-corrected chi connectivity index (χ1v) is 6.26. The van der Waals surface area contributed by atoms with Gasteiger partial charge < -0.3 is 9.47 Å². The van der Waals surface area contributed by atoms with Crippen molar-refractivity contribution in [1.29, 1.82) is 0 Å². The van der Waals surface area contributed by atoms with Gasteiger partial charge in [-0.1, -0.05) is 18.2 Å². The highest BCUT2D eigenvalue weighted by atomic mass is 16.5. The van der Waals surface area contributed by atoms with Crippen LogP contribution in [0.1, 0.15) is 19.4 Å². The van der Waals surface area contributed by atoms with Crippen molar-refractivity contribution in [1.82, 2.24) is 5.32 Å². The summed E-state index contributed by atoms with van der Waals surface area (Å²) in [7, 11) is 1.60. The van der Waals surface area contributed by atoms with Gasteiger partial charge in [-0.25, -0.2) is 4.79 Å². The molecule has 0 fully saturated rings. The molecule has 0 aliphatic rings. The van der Waals surface area contributed by atoms with Gasteiger partial charge in [-0.2, -0.15) is 0 Å².